The fraction of sp³-hybridized carbons (Fsp3) is 0.222. The summed E-state index contributed by atoms with van der Waals surface area (Å²) >= 11 is 0. The zero-order valence-electron chi connectivity index (χ0n) is 12.7. The first-order valence-corrected chi connectivity index (χ1v) is 7.37. The Hall–Kier alpha value is -2.62. The summed E-state index contributed by atoms with van der Waals surface area (Å²) < 4.78 is 7.17. The van der Waals surface area contributed by atoms with Crippen LogP contribution in [0.2, 0.25) is 0 Å². The van der Waals surface area contributed by atoms with E-state index in [2.05, 4.69) is 15.6 Å². The number of aromatic nitrogens is 2. The molecular formula is C18H18N2O2. The van der Waals surface area contributed by atoms with Gasteiger partial charge in [-0.05, 0) is 43.7 Å². The van der Waals surface area contributed by atoms with E-state index in [1.807, 2.05) is 49.4 Å². The average molecular weight is 294 g/mol. The van der Waals surface area contributed by atoms with Crippen LogP contribution in [0.25, 0.3) is 11.0 Å². The second kappa shape index (κ2) is 6.02. The lowest BCUT2D eigenvalue weighted by atomic mass is 10.1. The van der Waals surface area contributed by atoms with E-state index in [1.165, 1.54) is 0 Å². The first-order chi connectivity index (χ1) is 10.7. The third-order valence-electron chi connectivity index (χ3n) is 3.65. The van der Waals surface area contributed by atoms with Gasteiger partial charge < -0.3 is 9.30 Å². The van der Waals surface area contributed by atoms with E-state index in [0.717, 1.165) is 29.0 Å². The van der Waals surface area contributed by atoms with Crippen LogP contribution >= 0.6 is 0 Å². The zero-order valence-corrected chi connectivity index (χ0v) is 12.7. The van der Waals surface area contributed by atoms with Gasteiger partial charge >= 0.3 is 5.97 Å². The molecule has 0 aliphatic heterocycles. The molecule has 0 unspecified atom stereocenters. The van der Waals surface area contributed by atoms with Crippen LogP contribution in [0.15, 0.2) is 48.5 Å². The molecule has 0 bridgehead atoms. The monoisotopic (exact) mass is 294 g/mol. The second-order valence-corrected chi connectivity index (χ2v) is 5.15. The highest BCUT2D eigenvalue weighted by molar-refractivity contribution is 5.89. The van der Waals surface area contributed by atoms with Crippen molar-refractivity contribution < 1.29 is 9.53 Å². The van der Waals surface area contributed by atoms with Crippen molar-refractivity contribution >= 4 is 17.0 Å². The number of fused-ring (bicyclic) bond motifs is 1. The van der Waals surface area contributed by atoms with Crippen LogP contribution in [0.4, 0.5) is 0 Å². The molecule has 2 aromatic carbocycles. The molecule has 0 spiro atoms. The van der Waals surface area contributed by atoms with Crippen LogP contribution < -0.4 is 0 Å². The molecule has 0 aliphatic rings. The summed E-state index contributed by atoms with van der Waals surface area (Å²) in [4.78, 5) is 16.2. The van der Waals surface area contributed by atoms with Crippen LogP contribution in [-0.2, 0) is 11.3 Å². The molecule has 0 saturated carbocycles. The molecule has 1 aromatic heterocycles. The lowest BCUT2D eigenvalue weighted by molar-refractivity contribution is 0.0526. The van der Waals surface area contributed by atoms with E-state index in [1.54, 1.807) is 6.92 Å². The Morgan fingerprint density at radius 3 is 2.59 bits per heavy atom. The van der Waals surface area contributed by atoms with Gasteiger partial charge in [0, 0.05) is 6.54 Å². The zero-order chi connectivity index (χ0) is 15.5. The highest BCUT2D eigenvalue weighted by Gasteiger charge is 2.09. The smallest absolute Gasteiger partial charge is 0.338 e. The van der Waals surface area contributed by atoms with E-state index in [4.69, 9.17) is 4.74 Å². The molecule has 0 radical (unpaired) electrons. The number of hydrogen-bond donors (Lipinski definition) is 0. The van der Waals surface area contributed by atoms with E-state index >= 15 is 0 Å². The van der Waals surface area contributed by atoms with Crippen molar-refractivity contribution in [1.29, 1.82) is 0 Å². The first-order valence-electron chi connectivity index (χ1n) is 7.37. The number of aryl methyl sites for hydroxylation is 1. The number of ether oxygens (including phenoxy) is 1. The van der Waals surface area contributed by atoms with Crippen molar-refractivity contribution in [1.82, 2.24) is 9.55 Å². The summed E-state index contributed by atoms with van der Waals surface area (Å²) in [6, 6.07) is 15.6. The van der Waals surface area contributed by atoms with Crippen molar-refractivity contribution in [2.45, 2.75) is 20.4 Å². The van der Waals surface area contributed by atoms with Gasteiger partial charge in [0.05, 0.1) is 23.2 Å². The molecule has 3 aromatic rings. The van der Waals surface area contributed by atoms with Gasteiger partial charge in [0.25, 0.3) is 0 Å². The van der Waals surface area contributed by atoms with Crippen LogP contribution in [0.5, 0.6) is 0 Å². The van der Waals surface area contributed by atoms with Gasteiger partial charge in [0.1, 0.15) is 5.82 Å². The molecule has 0 N–H and O–H groups in total. The number of carbonyl (C=O) groups excluding carboxylic acids is 1. The minimum atomic E-state index is -0.279. The van der Waals surface area contributed by atoms with E-state index in [0.29, 0.717) is 12.2 Å². The number of nitrogens with zero attached hydrogens (tertiary/aromatic N) is 2. The number of hydrogen-bond acceptors (Lipinski definition) is 3. The summed E-state index contributed by atoms with van der Waals surface area (Å²) in [5, 5.41) is 0. The molecule has 4 nitrogen and oxygen atoms in total. The van der Waals surface area contributed by atoms with Crippen molar-refractivity contribution in [3.63, 3.8) is 0 Å². The summed E-state index contributed by atoms with van der Waals surface area (Å²) in [5.74, 6) is 0.703. The first kappa shape index (κ1) is 14.3. The van der Waals surface area contributed by atoms with E-state index in [9.17, 15) is 4.79 Å². The lowest BCUT2D eigenvalue weighted by Gasteiger charge is -2.08. The predicted octanol–water partition coefficient (Wildman–Crippen LogP) is 3.57. The standard InChI is InChI=1S/C18H18N2O2/c1-3-22-18(21)15-10-8-14(9-11-15)12-20-13(2)19-16-6-4-5-7-17(16)20/h4-11H,3,12H2,1-2H3. The van der Waals surface area contributed by atoms with Crippen molar-refractivity contribution in [2.75, 3.05) is 6.61 Å². The molecular weight excluding hydrogens is 276 g/mol. The minimum absolute atomic E-state index is 0.279. The summed E-state index contributed by atoms with van der Waals surface area (Å²) in [5.41, 5.74) is 3.83. The third kappa shape index (κ3) is 2.72. The molecule has 22 heavy (non-hydrogen) atoms. The SMILES string of the molecule is CCOC(=O)c1ccc(Cn2c(C)nc3ccccc32)cc1. The summed E-state index contributed by atoms with van der Waals surface area (Å²) in [7, 11) is 0. The molecule has 4 heteroatoms. The molecule has 112 valence electrons. The fourth-order valence-electron chi connectivity index (χ4n) is 2.54. The largest absolute Gasteiger partial charge is 0.462 e. The van der Waals surface area contributed by atoms with E-state index in [-0.39, 0.29) is 5.97 Å². The lowest BCUT2D eigenvalue weighted by Crippen LogP contribution is -2.06. The molecule has 0 saturated heterocycles. The maximum atomic E-state index is 11.7. The number of imidazole rings is 1. The van der Waals surface area contributed by atoms with Crippen molar-refractivity contribution in [2.24, 2.45) is 0 Å². The Labute approximate surface area is 129 Å². The highest BCUT2D eigenvalue weighted by Crippen LogP contribution is 2.17. The number of para-hydroxylation sites is 2. The highest BCUT2D eigenvalue weighted by atomic mass is 16.5. The number of rotatable bonds is 4. The van der Waals surface area contributed by atoms with Crippen LogP contribution in [-0.4, -0.2) is 22.1 Å². The van der Waals surface area contributed by atoms with Crippen LogP contribution in [0.1, 0.15) is 28.7 Å². The third-order valence-corrected chi connectivity index (χ3v) is 3.65. The summed E-state index contributed by atoms with van der Waals surface area (Å²) in [6.07, 6.45) is 0. The Balaban J connectivity index is 1.86. The van der Waals surface area contributed by atoms with Crippen LogP contribution in [0, 0.1) is 6.92 Å². The Kier molecular flexibility index (Phi) is 3.92. The summed E-state index contributed by atoms with van der Waals surface area (Å²) in [6.45, 7) is 4.93. The number of benzene rings is 2. The molecule has 0 fully saturated rings. The second-order valence-electron chi connectivity index (χ2n) is 5.15. The van der Waals surface area contributed by atoms with Gasteiger partial charge in [-0.1, -0.05) is 24.3 Å². The maximum Gasteiger partial charge on any atom is 0.338 e. The fourth-order valence-corrected chi connectivity index (χ4v) is 2.54. The average Bonchev–Trinajstić information content (AvgIpc) is 2.84. The van der Waals surface area contributed by atoms with Crippen LogP contribution in [0.3, 0.4) is 0 Å². The molecule has 0 atom stereocenters. The Morgan fingerprint density at radius 2 is 1.86 bits per heavy atom. The Bertz CT molecular complexity index is 804. The van der Waals surface area contributed by atoms with Gasteiger partial charge in [-0.25, -0.2) is 9.78 Å². The van der Waals surface area contributed by atoms with Gasteiger partial charge in [0.2, 0.25) is 0 Å². The van der Waals surface area contributed by atoms with Gasteiger partial charge in [0.15, 0.2) is 0 Å². The minimum Gasteiger partial charge on any atom is -0.462 e. The van der Waals surface area contributed by atoms with E-state index < -0.39 is 0 Å². The molecule has 3 rings (SSSR count). The van der Waals surface area contributed by atoms with Gasteiger partial charge in [-0.15, -0.1) is 0 Å². The quantitative estimate of drug-likeness (QED) is 0.691. The van der Waals surface area contributed by atoms with Gasteiger partial charge in [-0.2, -0.15) is 0 Å². The molecule has 1 heterocycles. The van der Waals surface area contributed by atoms with Gasteiger partial charge in [-0.3, -0.25) is 0 Å². The number of esters is 1. The van der Waals surface area contributed by atoms with Crippen molar-refractivity contribution in [3.05, 3.63) is 65.5 Å². The van der Waals surface area contributed by atoms with Crippen molar-refractivity contribution in [3.8, 4) is 0 Å². The Morgan fingerprint density at radius 1 is 1.14 bits per heavy atom. The molecule has 0 amide bonds. The molecule has 0 aliphatic carbocycles. The number of carbonyl (C=O) groups is 1. The maximum absolute atomic E-state index is 11.7. The normalized spacial score (nSPS) is 10.8. The topological polar surface area (TPSA) is 44.1 Å². The predicted molar refractivity (Wildman–Crippen MR) is 86.0 cm³/mol.